The summed E-state index contributed by atoms with van der Waals surface area (Å²) in [4.78, 5) is 15.4. The zero-order chi connectivity index (χ0) is 15.1. The highest BCUT2D eigenvalue weighted by molar-refractivity contribution is 14.0. The van der Waals surface area contributed by atoms with Gasteiger partial charge in [-0.25, -0.2) is 4.99 Å². The number of benzene rings is 1. The molecule has 0 aromatic heterocycles. The second-order valence-corrected chi connectivity index (χ2v) is 5.56. The predicted molar refractivity (Wildman–Crippen MR) is 101 cm³/mol. The van der Waals surface area contributed by atoms with Gasteiger partial charge in [0.2, 0.25) is 5.91 Å². The summed E-state index contributed by atoms with van der Waals surface area (Å²) in [7, 11) is 0. The molecule has 0 spiro atoms. The van der Waals surface area contributed by atoms with Crippen LogP contribution >= 0.6 is 24.0 Å². The molecule has 2 rings (SSSR count). The van der Waals surface area contributed by atoms with Gasteiger partial charge in [0.15, 0.2) is 5.96 Å². The number of rotatable bonds is 4. The molecule has 5 nitrogen and oxygen atoms in total. The van der Waals surface area contributed by atoms with Gasteiger partial charge in [-0.05, 0) is 30.5 Å². The lowest BCUT2D eigenvalue weighted by Gasteiger charge is -2.23. The first kappa shape index (κ1) is 18.7. The lowest BCUT2D eigenvalue weighted by molar-refractivity contribution is -0.114. The third-order valence-corrected chi connectivity index (χ3v) is 3.64. The number of amides is 1. The third kappa shape index (κ3) is 6.64. The summed E-state index contributed by atoms with van der Waals surface area (Å²) in [5, 5.41) is 6.06. The third-order valence-electron chi connectivity index (χ3n) is 3.64. The van der Waals surface area contributed by atoms with Crippen LogP contribution in [0.15, 0.2) is 29.3 Å². The van der Waals surface area contributed by atoms with Crippen LogP contribution in [0.1, 0.15) is 44.6 Å². The number of hydrogen-bond donors (Lipinski definition) is 3. The molecular formula is C16H25IN4O. The average Bonchev–Trinajstić information content (AvgIpc) is 2.46. The van der Waals surface area contributed by atoms with Crippen molar-refractivity contribution >= 4 is 41.5 Å². The highest BCUT2D eigenvalue weighted by Crippen LogP contribution is 2.17. The summed E-state index contributed by atoms with van der Waals surface area (Å²) < 4.78 is 0. The first-order valence-electron chi connectivity index (χ1n) is 7.56. The Morgan fingerprint density at radius 3 is 2.73 bits per heavy atom. The van der Waals surface area contributed by atoms with E-state index in [1.54, 1.807) is 0 Å². The fourth-order valence-corrected chi connectivity index (χ4v) is 2.63. The smallest absolute Gasteiger partial charge is 0.221 e. The Balaban J connectivity index is 0.00000242. The van der Waals surface area contributed by atoms with Crippen molar-refractivity contribution < 1.29 is 4.79 Å². The fourth-order valence-electron chi connectivity index (χ4n) is 2.63. The Kier molecular flexibility index (Phi) is 8.22. The van der Waals surface area contributed by atoms with Crippen LogP contribution in [-0.2, 0) is 11.3 Å². The normalized spacial score (nSPS) is 15.8. The predicted octanol–water partition coefficient (Wildman–Crippen LogP) is 3.00. The van der Waals surface area contributed by atoms with Crippen LogP contribution in [0.4, 0.5) is 5.69 Å². The molecule has 0 bridgehead atoms. The highest BCUT2D eigenvalue weighted by atomic mass is 127. The van der Waals surface area contributed by atoms with E-state index in [4.69, 9.17) is 5.73 Å². The quantitative estimate of drug-likeness (QED) is 0.401. The number of guanidine groups is 1. The monoisotopic (exact) mass is 416 g/mol. The molecule has 0 heterocycles. The number of nitrogens with one attached hydrogen (secondary N) is 2. The van der Waals surface area contributed by atoms with Gasteiger partial charge in [-0.15, -0.1) is 24.0 Å². The van der Waals surface area contributed by atoms with Gasteiger partial charge < -0.3 is 16.4 Å². The second-order valence-electron chi connectivity index (χ2n) is 5.56. The summed E-state index contributed by atoms with van der Waals surface area (Å²) in [5.74, 6) is 0.431. The van der Waals surface area contributed by atoms with E-state index in [0.717, 1.165) is 11.3 Å². The van der Waals surface area contributed by atoms with E-state index in [0.29, 0.717) is 18.5 Å². The summed E-state index contributed by atoms with van der Waals surface area (Å²) in [5.41, 5.74) is 7.75. The van der Waals surface area contributed by atoms with Gasteiger partial charge in [0.25, 0.3) is 0 Å². The van der Waals surface area contributed by atoms with Crippen LogP contribution in [0, 0.1) is 0 Å². The van der Waals surface area contributed by atoms with Crippen LogP contribution in [0.2, 0.25) is 0 Å². The van der Waals surface area contributed by atoms with Gasteiger partial charge in [0, 0.05) is 18.7 Å². The first-order chi connectivity index (χ1) is 10.1. The molecule has 0 aliphatic heterocycles. The van der Waals surface area contributed by atoms with Gasteiger partial charge in [-0.3, -0.25) is 4.79 Å². The Morgan fingerprint density at radius 1 is 1.32 bits per heavy atom. The van der Waals surface area contributed by atoms with E-state index in [9.17, 15) is 4.79 Å². The maximum absolute atomic E-state index is 11.0. The SMILES string of the molecule is CC(=O)Nc1cccc(CN=C(N)NC2CCCCC2)c1.I. The Bertz CT molecular complexity index is 513. The maximum atomic E-state index is 11.0. The van der Waals surface area contributed by atoms with Gasteiger partial charge in [-0.2, -0.15) is 0 Å². The van der Waals surface area contributed by atoms with E-state index in [-0.39, 0.29) is 29.9 Å². The van der Waals surface area contributed by atoms with Gasteiger partial charge in [0.05, 0.1) is 6.54 Å². The topological polar surface area (TPSA) is 79.5 Å². The maximum Gasteiger partial charge on any atom is 0.221 e. The molecule has 22 heavy (non-hydrogen) atoms. The van der Waals surface area contributed by atoms with E-state index in [1.165, 1.54) is 39.0 Å². The van der Waals surface area contributed by atoms with Crippen LogP contribution in [0.25, 0.3) is 0 Å². The minimum absolute atomic E-state index is 0. The number of halogens is 1. The number of carbonyl (C=O) groups excluding carboxylic acids is 1. The Labute approximate surface area is 149 Å². The summed E-state index contributed by atoms with van der Waals surface area (Å²) in [6.45, 7) is 2.01. The summed E-state index contributed by atoms with van der Waals surface area (Å²) in [6.07, 6.45) is 6.21. The first-order valence-corrected chi connectivity index (χ1v) is 7.56. The minimum atomic E-state index is -0.0749. The van der Waals surface area contributed by atoms with E-state index in [1.807, 2.05) is 24.3 Å². The van der Waals surface area contributed by atoms with Crippen molar-refractivity contribution in [2.24, 2.45) is 10.7 Å². The zero-order valence-corrected chi connectivity index (χ0v) is 15.3. The molecule has 0 saturated heterocycles. The molecule has 0 radical (unpaired) electrons. The molecule has 1 aliphatic carbocycles. The molecule has 122 valence electrons. The molecule has 0 unspecified atom stereocenters. The number of aliphatic imine (C=N–C) groups is 1. The van der Waals surface area contributed by atoms with Crippen molar-refractivity contribution in [3.63, 3.8) is 0 Å². The lowest BCUT2D eigenvalue weighted by Crippen LogP contribution is -2.41. The number of hydrogen-bond acceptors (Lipinski definition) is 2. The standard InChI is InChI=1S/C16H24N4O.HI/c1-12(21)19-15-9-5-6-13(10-15)11-18-16(17)20-14-7-3-2-4-8-14;/h5-6,9-10,14H,2-4,7-8,11H2,1H3,(H,19,21)(H3,17,18,20);1H. The summed E-state index contributed by atoms with van der Waals surface area (Å²) in [6, 6.07) is 8.12. The van der Waals surface area contributed by atoms with E-state index >= 15 is 0 Å². The van der Waals surface area contributed by atoms with Gasteiger partial charge in [0.1, 0.15) is 0 Å². The average molecular weight is 416 g/mol. The molecule has 1 aliphatic rings. The van der Waals surface area contributed by atoms with Crippen molar-refractivity contribution in [1.29, 1.82) is 0 Å². The van der Waals surface area contributed by atoms with Crippen LogP contribution in [0.5, 0.6) is 0 Å². The Morgan fingerprint density at radius 2 is 2.05 bits per heavy atom. The number of anilines is 1. The van der Waals surface area contributed by atoms with Crippen molar-refractivity contribution in [3.05, 3.63) is 29.8 Å². The summed E-state index contributed by atoms with van der Waals surface area (Å²) >= 11 is 0. The van der Waals surface area contributed by atoms with Gasteiger partial charge in [-0.1, -0.05) is 31.4 Å². The van der Waals surface area contributed by atoms with Crippen LogP contribution in [-0.4, -0.2) is 17.9 Å². The highest BCUT2D eigenvalue weighted by Gasteiger charge is 2.13. The van der Waals surface area contributed by atoms with Crippen LogP contribution < -0.4 is 16.4 Å². The molecule has 4 N–H and O–H groups in total. The Hall–Kier alpha value is -1.31. The number of nitrogens with zero attached hydrogens (tertiary/aromatic N) is 1. The molecular weight excluding hydrogens is 391 g/mol. The molecule has 1 aromatic carbocycles. The largest absolute Gasteiger partial charge is 0.370 e. The number of carbonyl (C=O) groups is 1. The van der Waals surface area contributed by atoms with Crippen LogP contribution in [0.3, 0.4) is 0 Å². The number of nitrogens with two attached hydrogens (primary N) is 1. The lowest BCUT2D eigenvalue weighted by atomic mass is 9.96. The van der Waals surface area contributed by atoms with Crippen molar-refractivity contribution in [2.75, 3.05) is 5.32 Å². The molecule has 1 aromatic rings. The second kappa shape index (κ2) is 9.66. The van der Waals surface area contributed by atoms with Crippen molar-refractivity contribution in [3.8, 4) is 0 Å². The van der Waals surface area contributed by atoms with Gasteiger partial charge >= 0.3 is 0 Å². The molecule has 1 fully saturated rings. The molecule has 6 heteroatoms. The molecule has 1 amide bonds. The van der Waals surface area contributed by atoms with E-state index < -0.39 is 0 Å². The molecule has 1 saturated carbocycles. The fraction of sp³-hybridized carbons (Fsp3) is 0.500. The zero-order valence-electron chi connectivity index (χ0n) is 13.0. The van der Waals surface area contributed by atoms with E-state index in [2.05, 4.69) is 15.6 Å². The molecule has 0 atom stereocenters. The van der Waals surface area contributed by atoms with Crippen molar-refractivity contribution in [1.82, 2.24) is 5.32 Å². The van der Waals surface area contributed by atoms with Crippen molar-refractivity contribution in [2.45, 2.75) is 51.6 Å². The minimum Gasteiger partial charge on any atom is -0.370 e.